The van der Waals surface area contributed by atoms with E-state index in [1.54, 1.807) is 0 Å². The molecule has 138 valence electrons. The van der Waals surface area contributed by atoms with Crippen molar-refractivity contribution in [3.8, 4) is 5.75 Å². The molecule has 5 heteroatoms. The molecule has 2 fully saturated rings. The Bertz CT molecular complexity index is 557. The van der Waals surface area contributed by atoms with Gasteiger partial charge in [0.15, 0.2) is 0 Å². The van der Waals surface area contributed by atoms with Crippen LogP contribution < -0.4 is 10.1 Å². The molecule has 1 amide bonds. The summed E-state index contributed by atoms with van der Waals surface area (Å²) in [5.74, 6) is 1.73. The number of aliphatic hydroxyl groups excluding tert-OH is 1. The molecule has 2 aliphatic rings. The first kappa shape index (κ1) is 18.2. The van der Waals surface area contributed by atoms with E-state index in [-0.39, 0.29) is 18.4 Å². The minimum atomic E-state index is -0.547. The van der Waals surface area contributed by atoms with Gasteiger partial charge in [-0.1, -0.05) is 17.7 Å². The predicted molar refractivity (Wildman–Crippen MR) is 97.6 cm³/mol. The molecule has 0 spiro atoms. The van der Waals surface area contributed by atoms with Crippen LogP contribution in [0.3, 0.4) is 0 Å². The van der Waals surface area contributed by atoms with Gasteiger partial charge in [0, 0.05) is 19.6 Å². The summed E-state index contributed by atoms with van der Waals surface area (Å²) in [6.07, 6.45) is 3.92. The third-order valence-corrected chi connectivity index (χ3v) is 5.07. The van der Waals surface area contributed by atoms with Crippen molar-refractivity contribution in [1.82, 2.24) is 10.2 Å². The van der Waals surface area contributed by atoms with E-state index < -0.39 is 6.10 Å². The fraction of sp³-hybridized carbons (Fsp3) is 0.650. The number of nitrogens with zero attached hydrogens (tertiary/aromatic N) is 1. The number of nitrogens with one attached hydrogen (secondary N) is 1. The number of hydrogen-bond acceptors (Lipinski definition) is 4. The SMILES string of the molecule is Cc1ccc(OCC(O)CN2CCCC(C(=O)NCC3CC3)C2)cc1. The van der Waals surface area contributed by atoms with Crippen molar-refractivity contribution in [2.24, 2.45) is 11.8 Å². The lowest BCUT2D eigenvalue weighted by molar-refractivity contribution is -0.127. The zero-order valence-electron chi connectivity index (χ0n) is 15.1. The van der Waals surface area contributed by atoms with Gasteiger partial charge >= 0.3 is 0 Å². The summed E-state index contributed by atoms with van der Waals surface area (Å²) in [5.41, 5.74) is 1.19. The lowest BCUT2D eigenvalue weighted by Crippen LogP contribution is -2.46. The summed E-state index contributed by atoms with van der Waals surface area (Å²) in [6, 6.07) is 7.83. The molecule has 1 heterocycles. The van der Waals surface area contributed by atoms with Gasteiger partial charge in [0.1, 0.15) is 18.5 Å². The second kappa shape index (κ2) is 8.68. The Morgan fingerprint density at radius 2 is 2.08 bits per heavy atom. The van der Waals surface area contributed by atoms with Crippen LogP contribution in [0, 0.1) is 18.8 Å². The molecule has 3 rings (SSSR count). The minimum Gasteiger partial charge on any atom is -0.491 e. The van der Waals surface area contributed by atoms with Gasteiger partial charge < -0.3 is 15.2 Å². The number of amides is 1. The molecule has 1 saturated carbocycles. The Hall–Kier alpha value is -1.59. The zero-order chi connectivity index (χ0) is 17.6. The first-order valence-electron chi connectivity index (χ1n) is 9.48. The number of hydrogen-bond donors (Lipinski definition) is 2. The molecule has 1 aromatic carbocycles. The van der Waals surface area contributed by atoms with Gasteiger partial charge in [-0.05, 0) is 57.2 Å². The first-order chi connectivity index (χ1) is 12.1. The standard InChI is InChI=1S/C20H30N2O3/c1-15-4-8-19(9-5-15)25-14-18(23)13-22-10-2-3-17(12-22)20(24)21-11-16-6-7-16/h4-5,8-9,16-18,23H,2-3,6-7,10-14H2,1H3,(H,21,24). The highest BCUT2D eigenvalue weighted by Gasteiger charge is 2.28. The van der Waals surface area contributed by atoms with Gasteiger partial charge in [0.05, 0.1) is 5.92 Å². The average molecular weight is 346 g/mol. The average Bonchev–Trinajstić information content (AvgIpc) is 3.44. The number of aryl methyl sites for hydroxylation is 1. The number of ether oxygens (including phenoxy) is 1. The van der Waals surface area contributed by atoms with Gasteiger partial charge in [-0.15, -0.1) is 0 Å². The molecule has 1 aliphatic heterocycles. The molecular formula is C20H30N2O3. The smallest absolute Gasteiger partial charge is 0.224 e. The highest BCUT2D eigenvalue weighted by Crippen LogP contribution is 2.28. The zero-order valence-corrected chi connectivity index (χ0v) is 15.1. The third-order valence-electron chi connectivity index (χ3n) is 5.07. The molecule has 2 N–H and O–H groups in total. The highest BCUT2D eigenvalue weighted by atomic mass is 16.5. The van der Waals surface area contributed by atoms with Crippen LogP contribution in [0.1, 0.15) is 31.2 Å². The number of benzene rings is 1. The van der Waals surface area contributed by atoms with E-state index >= 15 is 0 Å². The third kappa shape index (κ3) is 6.01. The first-order valence-corrected chi connectivity index (χ1v) is 9.48. The number of rotatable bonds is 8. The summed E-state index contributed by atoms with van der Waals surface area (Å²) in [4.78, 5) is 14.5. The second-order valence-electron chi connectivity index (χ2n) is 7.57. The monoisotopic (exact) mass is 346 g/mol. The maximum atomic E-state index is 12.3. The highest BCUT2D eigenvalue weighted by molar-refractivity contribution is 5.79. The number of aliphatic hydroxyl groups is 1. The van der Waals surface area contributed by atoms with Crippen molar-refractivity contribution in [3.05, 3.63) is 29.8 Å². The summed E-state index contributed by atoms with van der Waals surface area (Å²) in [7, 11) is 0. The van der Waals surface area contributed by atoms with Crippen molar-refractivity contribution in [2.45, 2.75) is 38.7 Å². The summed E-state index contributed by atoms with van der Waals surface area (Å²) in [5, 5.41) is 13.3. The minimum absolute atomic E-state index is 0.0534. The molecule has 1 saturated heterocycles. The predicted octanol–water partition coefficient (Wildman–Crippen LogP) is 1.97. The van der Waals surface area contributed by atoms with Crippen LogP contribution in [0.15, 0.2) is 24.3 Å². The fourth-order valence-corrected chi connectivity index (χ4v) is 3.32. The molecule has 25 heavy (non-hydrogen) atoms. The molecule has 5 nitrogen and oxygen atoms in total. The lowest BCUT2D eigenvalue weighted by Gasteiger charge is -2.33. The van der Waals surface area contributed by atoms with Crippen LogP contribution in [-0.2, 0) is 4.79 Å². The molecule has 2 unspecified atom stereocenters. The van der Waals surface area contributed by atoms with Crippen LogP contribution in [0.4, 0.5) is 0 Å². The van der Waals surface area contributed by atoms with Crippen molar-refractivity contribution >= 4 is 5.91 Å². The van der Waals surface area contributed by atoms with Gasteiger partial charge in [-0.2, -0.15) is 0 Å². The van der Waals surface area contributed by atoms with E-state index in [4.69, 9.17) is 4.74 Å². The van der Waals surface area contributed by atoms with Crippen LogP contribution in [0.2, 0.25) is 0 Å². The van der Waals surface area contributed by atoms with Crippen molar-refractivity contribution < 1.29 is 14.6 Å². The molecule has 2 atom stereocenters. The van der Waals surface area contributed by atoms with Crippen LogP contribution in [-0.4, -0.2) is 54.8 Å². The Morgan fingerprint density at radius 3 is 2.80 bits per heavy atom. The number of carbonyl (C=O) groups is 1. The summed E-state index contributed by atoms with van der Waals surface area (Å²) >= 11 is 0. The van der Waals surface area contributed by atoms with Crippen LogP contribution in [0.25, 0.3) is 0 Å². The molecule has 1 aromatic rings. The second-order valence-corrected chi connectivity index (χ2v) is 7.57. The number of piperidine rings is 1. The molecule has 1 aliphatic carbocycles. The maximum absolute atomic E-state index is 12.3. The maximum Gasteiger partial charge on any atom is 0.224 e. The Kier molecular flexibility index (Phi) is 6.32. The molecule has 0 bridgehead atoms. The molecule has 0 radical (unpaired) electrons. The van der Waals surface area contributed by atoms with E-state index in [1.165, 1.54) is 18.4 Å². The normalized spacial score (nSPS) is 22.4. The molecule has 0 aromatic heterocycles. The molecular weight excluding hydrogens is 316 g/mol. The largest absolute Gasteiger partial charge is 0.491 e. The van der Waals surface area contributed by atoms with E-state index in [0.717, 1.165) is 38.2 Å². The quantitative estimate of drug-likeness (QED) is 0.755. The van der Waals surface area contributed by atoms with E-state index in [2.05, 4.69) is 10.2 Å². The van der Waals surface area contributed by atoms with E-state index in [9.17, 15) is 9.90 Å². The van der Waals surface area contributed by atoms with Gasteiger partial charge in [0.25, 0.3) is 0 Å². The van der Waals surface area contributed by atoms with Gasteiger partial charge in [-0.25, -0.2) is 0 Å². The Labute approximate surface area is 150 Å². The van der Waals surface area contributed by atoms with Crippen molar-refractivity contribution in [2.75, 3.05) is 32.8 Å². The van der Waals surface area contributed by atoms with E-state index in [1.807, 2.05) is 31.2 Å². The topological polar surface area (TPSA) is 61.8 Å². The lowest BCUT2D eigenvalue weighted by atomic mass is 9.97. The number of likely N-dealkylation sites (tertiary alicyclic amines) is 1. The van der Waals surface area contributed by atoms with Crippen molar-refractivity contribution in [3.63, 3.8) is 0 Å². The Balaban J connectivity index is 1.38. The van der Waals surface area contributed by atoms with Gasteiger partial charge in [0.2, 0.25) is 5.91 Å². The number of carbonyl (C=O) groups excluding carboxylic acids is 1. The summed E-state index contributed by atoms with van der Waals surface area (Å²) < 4.78 is 5.65. The Morgan fingerprint density at radius 1 is 1.32 bits per heavy atom. The van der Waals surface area contributed by atoms with Crippen LogP contribution >= 0.6 is 0 Å². The van der Waals surface area contributed by atoms with Gasteiger partial charge in [-0.3, -0.25) is 9.69 Å². The van der Waals surface area contributed by atoms with E-state index in [0.29, 0.717) is 12.5 Å². The summed E-state index contributed by atoms with van der Waals surface area (Å²) in [6.45, 7) is 5.37. The van der Waals surface area contributed by atoms with Crippen LogP contribution in [0.5, 0.6) is 5.75 Å². The van der Waals surface area contributed by atoms with Crippen molar-refractivity contribution in [1.29, 1.82) is 0 Å². The fourth-order valence-electron chi connectivity index (χ4n) is 3.32. The number of β-amino-alcohol motifs (C(OH)–C–C–N with tert-alkyl or cyclic N) is 1.